The first kappa shape index (κ1) is 16.5. The summed E-state index contributed by atoms with van der Waals surface area (Å²) >= 11 is 0. The molecule has 2 heterocycles. The number of nitrogens with zero attached hydrogens (tertiary/aromatic N) is 3. The highest BCUT2D eigenvalue weighted by atomic mass is 16.3. The van der Waals surface area contributed by atoms with Crippen molar-refractivity contribution in [3.05, 3.63) is 41.8 Å². The summed E-state index contributed by atoms with van der Waals surface area (Å²) in [7, 11) is 0. The first-order valence-electron chi connectivity index (χ1n) is 8.38. The maximum Gasteiger partial charge on any atom is 0.226 e. The van der Waals surface area contributed by atoms with Crippen LogP contribution < -0.4 is 5.32 Å². The number of aliphatic imine (C=N–C) groups is 1. The minimum Gasteiger partial charge on any atom is -0.444 e. The molecule has 6 nitrogen and oxygen atoms in total. The Morgan fingerprint density at radius 2 is 2.21 bits per heavy atom. The lowest BCUT2D eigenvalue weighted by molar-refractivity contribution is 0.188. The molecule has 0 radical (unpaired) electrons. The van der Waals surface area contributed by atoms with Crippen molar-refractivity contribution >= 4 is 5.96 Å². The van der Waals surface area contributed by atoms with Crippen molar-refractivity contribution in [3.8, 4) is 11.5 Å². The quantitative estimate of drug-likeness (QED) is 0.665. The van der Waals surface area contributed by atoms with Crippen LogP contribution >= 0.6 is 0 Å². The van der Waals surface area contributed by atoms with Crippen LogP contribution in [0.3, 0.4) is 0 Å². The molecule has 128 valence electrons. The van der Waals surface area contributed by atoms with E-state index in [0.717, 1.165) is 36.7 Å². The molecule has 1 fully saturated rings. The molecule has 1 aromatic carbocycles. The Morgan fingerprint density at radius 3 is 2.88 bits per heavy atom. The number of aliphatic hydroxyl groups excluding tert-OH is 1. The predicted molar refractivity (Wildman–Crippen MR) is 93.7 cm³/mol. The third kappa shape index (κ3) is 3.94. The fourth-order valence-electron chi connectivity index (χ4n) is 2.72. The van der Waals surface area contributed by atoms with Gasteiger partial charge in [0.2, 0.25) is 5.89 Å². The van der Waals surface area contributed by atoms with Gasteiger partial charge in [-0.3, -0.25) is 0 Å². The lowest BCUT2D eigenvalue weighted by Gasteiger charge is -2.20. The van der Waals surface area contributed by atoms with Gasteiger partial charge in [0.05, 0.1) is 12.6 Å². The van der Waals surface area contributed by atoms with Crippen molar-refractivity contribution < 1.29 is 9.52 Å². The van der Waals surface area contributed by atoms with E-state index >= 15 is 0 Å². The van der Waals surface area contributed by atoms with Crippen molar-refractivity contribution in [1.82, 2.24) is 15.2 Å². The highest BCUT2D eigenvalue weighted by Crippen LogP contribution is 2.19. The van der Waals surface area contributed by atoms with Crippen LogP contribution in [0.4, 0.5) is 0 Å². The molecule has 0 unspecified atom stereocenters. The molecule has 0 aliphatic carbocycles. The lowest BCUT2D eigenvalue weighted by atomic mass is 10.1. The Hall–Kier alpha value is -2.34. The van der Waals surface area contributed by atoms with Crippen molar-refractivity contribution in [2.75, 3.05) is 19.6 Å². The lowest BCUT2D eigenvalue weighted by Crippen LogP contribution is -2.40. The Morgan fingerprint density at radius 1 is 1.42 bits per heavy atom. The SMILES string of the molecule is CCNC(=NCc1coc(-c2ccc(C)cc2)n1)N1CC[C@@H](O)C1. The van der Waals surface area contributed by atoms with Gasteiger partial charge in [0.1, 0.15) is 12.0 Å². The molecule has 0 amide bonds. The summed E-state index contributed by atoms with van der Waals surface area (Å²) in [5, 5.41) is 13.0. The predicted octanol–water partition coefficient (Wildman–Crippen LogP) is 2.18. The molecule has 0 spiro atoms. The standard InChI is InChI=1S/C18H24N4O2/c1-3-19-18(22-9-8-16(23)11-22)20-10-15-12-24-17(21-15)14-6-4-13(2)5-7-14/h4-7,12,16,23H,3,8-11H2,1-2H3,(H,19,20)/t16-/m1/s1. The van der Waals surface area contributed by atoms with E-state index in [1.807, 2.05) is 31.2 Å². The second kappa shape index (κ2) is 7.49. The molecule has 0 bridgehead atoms. The molecule has 1 atom stereocenters. The third-order valence-corrected chi connectivity index (χ3v) is 4.04. The zero-order valence-electron chi connectivity index (χ0n) is 14.2. The maximum absolute atomic E-state index is 9.70. The summed E-state index contributed by atoms with van der Waals surface area (Å²) in [6, 6.07) is 8.09. The van der Waals surface area contributed by atoms with Gasteiger partial charge < -0.3 is 19.7 Å². The van der Waals surface area contributed by atoms with Gasteiger partial charge in [0, 0.05) is 25.2 Å². The van der Waals surface area contributed by atoms with E-state index in [0.29, 0.717) is 19.0 Å². The molecule has 2 N–H and O–H groups in total. The van der Waals surface area contributed by atoms with Gasteiger partial charge in [0.15, 0.2) is 5.96 Å². The van der Waals surface area contributed by atoms with Crippen molar-refractivity contribution in [2.45, 2.75) is 32.9 Å². The largest absolute Gasteiger partial charge is 0.444 e. The summed E-state index contributed by atoms with van der Waals surface area (Å²) in [6.45, 7) is 6.77. The van der Waals surface area contributed by atoms with E-state index in [4.69, 9.17) is 4.42 Å². The van der Waals surface area contributed by atoms with Gasteiger partial charge in [-0.2, -0.15) is 0 Å². The number of guanidine groups is 1. The number of nitrogens with one attached hydrogen (secondary N) is 1. The minimum atomic E-state index is -0.269. The zero-order valence-corrected chi connectivity index (χ0v) is 14.2. The fourth-order valence-corrected chi connectivity index (χ4v) is 2.72. The molecule has 0 saturated carbocycles. The van der Waals surface area contributed by atoms with Gasteiger partial charge in [-0.25, -0.2) is 9.98 Å². The Bertz CT molecular complexity index is 693. The van der Waals surface area contributed by atoms with Crippen molar-refractivity contribution in [3.63, 3.8) is 0 Å². The smallest absolute Gasteiger partial charge is 0.226 e. The zero-order chi connectivity index (χ0) is 16.9. The average molecular weight is 328 g/mol. The van der Waals surface area contributed by atoms with E-state index in [1.54, 1.807) is 6.26 Å². The molecule has 3 rings (SSSR count). The van der Waals surface area contributed by atoms with E-state index in [9.17, 15) is 5.11 Å². The molecular formula is C18H24N4O2. The Labute approximate surface area is 142 Å². The van der Waals surface area contributed by atoms with Crippen LogP contribution in [0.25, 0.3) is 11.5 Å². The number of hydrogen-bond acceptors (Lipinski definition) is 4. The van der Waals surface area contributed by atoms with Gasteiger partial charge in [0.25, 0.3) is 0 Å². The van der Waals surface area contributed by atoms with Gasteiger partial charge in [-0.1, -0.05) is 17.7 Å². The number of aromatic nitrogens is 1. The van der Waals surface area contributed by atoms with Crippen LogP contribution in [0.5, 0.6) is 0 Å². The van der Waals surface area contributed by atoms with Crippen LogP contribution in [0.15, 0.2) is 39.9 Å². The summed E-state index contributed by atoms with van der Waals surface area (Å²) in [6.07, 6.45) is 2.17. The summed E-state index contributed by atoms with van der Waals surface area (Å²) in [4.78, 5) is 11.2. The monoisotopic (exact) mass is 328 g/mol. The Kier molecular flexibility index (Phi) is 5.15. The molecular weight excluding hydrogens is 304 g/mol. The number of oxazole rings is 1. The Balaban J connectivity index is 1.69. The summed E-state index contributed by atoms with van der Waals surface area (Å²) < 4.78 is 5.57. The second-order valence-corrected chi connectivity index (χ2v) is 6.07. The van der Waals surface area contributed by atoms with Crippen LogP contribution in [0.2, 0.25) is 0 Å². The topological polar surface area (TPSA) is 73.9 Å². The molecule has 1 aliphatic heterocycles. The first-order chi connectivity index (χ1) is 11.7. The van der Waals surface area contributed by atoms with E-state index in [-0.39, 0.29) is 6.10 Å². The fraction of sp³-hybridized carbons (Fsp3) is 0.444. The molecule has 6 heteroatoms. The molecule has 24 heavy (non-hydrogen) atoms. The third-order valence-electron chi connectivity index (χ3n) is 4.04. The van der Waals surface area contributed by atoms with Crippen LogP contribution in [0.1, 0.15) is 24.6 Å². The number of rotatable bonds is 4. The van der Waals surface area contributed by atoms with E-state index in [2.05, 4.69) is 27.1 Å². The van der Waals surface area contributed by atoms with Crippen LogP contribution in [-0.4, -0.2) is 46.7 Å². The van der Waals surface area contributed by atoms with Gasteiger partial charge in [-0.05, 0) is 32.4 Å². The van der Waals surface area contributed by atoms with E-state index < -0.39 is 0 Å². The minimum absolute atomic E-state index is 0.269. The molecule has 2 aromatic rings. The summed E-state index contributed by atoms with van der Waals surface area (Å²) in [5.41, 5.74) is 2.96. The second-order valence-electron chi connectivity index (χ2n) is 6.07. The normalized spacial score (nSPS) is 18.2. The maximum atomic E-state index is 9.70. The highest BCUT2D eigenvalue weighted by molar-refractivity contribution is 5.80. The molecule has 1 aromatic heterocycles. The van der Waals surface area contributed by atoms with E-state index in [1.165, 1.54) is 5.56 Å². The van der Waals surface area contributed by atoms with Crippen molar-refractivity contribution in [2.24, 2.45) is 4.99 Å². The average Bonchev–Trinajstić information content (AvgIpc) is 3.21. The highest BCUT2D eigenvalue weighted by Gasteiger charge is 2.22. The van der Waals surface area contributed by atoms with Gasteiger partial charge in [-0.15, -0.1) is 0 Å². The number of β-amino-alcohol motifs (C(OH)–C–C–N with tert-alkyl or cyclic N) is 1. The number of likely N-dealkylation sites (tertiary alicyclic amines) is 1. The van der Waals surface area contributed by atoms with Crippen molar-refractivity contribution in [1.29, 1.82) is 0 Å². The van der Waals surface area contributed by atoms with Gasteiger partial charge >= 0.3 is 0 Å². The first-order valence-corrected chi connectivity index (χ1v) is 8.38. The number of aliphatic hydroxyl groups is 1. The van der Waals surface area contributed by atoms with Crippen LogP contribution in [-0.2, 0) is 6.54 Å². The van der Waals surface area contributed by atoms with Crippen LogP contribution in [0, 0.1) is 6.92 Å². The number of aryl methyl sites for hydroxylation is 1. The number of benzene rings is 1. The summed E-state index contributed by atoms with van der Waals surface area (Å²) in [5.74, 6) is 1.43. The molecule has 1 saturated heterocycles. The molecule has 1 aliphatic rings. The number of hydrogen-bond donors (Lipinski definition) is 2.